The number of benzene rings is 1. The molecule has 144 valence electrons. The van der Waals surface area contributed by atoms with Crippen molar-refractivity contribution in [3.8, 4) is 5.75 Å². The molecule has 1 unspecified atom stereocenters. The zero-order valence-electron chi connectivity index (χ0n) is 15.5. The third kappa shape index (κ3) is 5.02. The molecule has 3 rings (SSSR count). The lowest BCUT2D eigenvalue weighted by molar-refractivity contribution is -0.132. The van der Waals surface area contributed by atoms with Gasteiger partial charge in [-0.25, -0.2) is 0 Å². The SMILES string of the molecule is Cc1cc(Cl)ccc1OC(C)C(=O)NCCC(=O)N1CCc2sccc2C1. The molecule has 1 aromatic heterocycles. The van der Waals surface area contributed by atoms with Crippen LogP contribution in [0, 0.1) is 6.92 Å². The minimum Gasteiger partial charge on any atom is -0.481 e. The van der Waals surface area contributed by atoms with Crippen molar-refractivity contribution in [2.75, 3.05) is 13.1 Å². The number of hydrogen-bond acceptors (Lipinski definition) is 4. The van der Waals surface area contributed by atoms with Gasteiger partial charge in [-0.3, -0.25) is 9.59 Å². The number of fused-ring (bicyclic) bond motifs is 1. The van der Waals surface area contributed by atoms with Gasteiger partial charge in [-0.05, 0) is 61.0 Å². The van der Waals surface area contributed by atoms with Crippen molar-refractivity contribution < 1.29 is 14.3 Å². The zero-order chi connectivity index (χ0) is 19.4. The highest BCUT2D eigenvalue weighted by Crippen LogP contribution is 2.24. The van der Waals surface area contributed by atoms with E-state index in [0.717, 1.165) is 18.5 Å². The van der Waals surface area contributed by atoms with Crippen LogP contribution in [-0.2, 0) is 22.6 Å². The first kappa shape index (κ1) is 19.7. The van der Waals surface area contributed by atoms with Crippen LogP contribution < -0.4 is 10.1 Å². The Balaban J connectivity index is 1.43. The Hall–Kier alpha value is -2.05. The molecule has 1 atom stereocenters. The van der Waals surface area contributed by atoms with Gasteiger partial charge in [0.05, 0.1) is 0 Å². The molecule has 0 bridgehead atoms. The Kier molecular flexibility index (Phi) is 6.39. The Labute approximate surface area is 168 Å². The zero-order valence-corrected chi connectivity index (χ0v) is 17.0. The maximum atomic E-state index is 12.4. The fourth-order valence-electron chi connectivity index (χ4n) is 3.04. The predicted molar refractivity (Wildman–Crippen MR) is 107 cm³/mol. The minimum atomic E-state index is -0.650. The van der Waals surface area contributed by atoms with E-state index in [0.29, 0.717) is 23.9 Å². The topological polar surface area (TPSA) is 58.6 Å². The van der Waals surface area contributed by atoms with Crippen LogP contribution in [0.2, 0.25) is 5.02 Å². The lowest BCUT2D eigenvalue weighted by Crippen LogP contribution is -2.40. The second kappa shape index (κ2) is 8.76. The lowest BCUT2D eigenvalue weighted by Gasteiger charge is -2.27. The first-order valence-electron chi connectivity index (χ1n) is 8.97. The van der Waals surface area contributed by atoms with Gasteiger partial charge >= 0.3 is 0 Å². The highest BCUT2D eigenvalue weighted by Gasteiger charge is 2.22. The average molecular weight is 407 g/mol. The van der Waals surface area contributed by atoms with Gasteiger partial charge in [0.25, 0.3) is 5.91 Å². The molecule has 1 N–H and O–H groups in total. The molecule has 0 radical (unpaired) electrons. The predicted octanol–water partition coefficient (Wildman–Crippen LogP) is 3.57. The molecule has 0 aliphatic carbocycles. The first-order valence-corrected chi connectivity index (χ1v) is 10.2. The molecule has 7 heteroatoms. The summed E-state index contributed by atoms with van der Waals surface area (Å²) in [4.78, 5) is 27.8. The molecule has 0 saturated carbocycles. The lowest BCUT2D eigenvalue weighted by atomic mass is 10.1. The Bertz CT molecular complexity index is 836. The number of nitrogens with one attached hydrogen (secondary N) is 1. The summed E-state index contributed by atoms with van der Waals surface area (Å²) < 4.78 is 5.70. The number of thiophene rings is 1. The average Bonchev–Trinajstić information content (AvgIpc) is 3.11. The molecule has 0 fully saturated rings. The summed E-state index contributed by atoms with van der Waals surface area (Å²) in [6, 6.07) is 7.35. The van der Waals surface area contributed by atoms with E-state index < -0.39 is 6.10 Å². The van der Waals surface area contributed by atoms with Gasteiger partial charge in [-0.15, -0.1) is 11.3 Å². The molecule has 27 heavy (non-hydrogen) atoms. The minimum absolute atomic E-state index is 0.0641. The molecule has 1 aliphatic heterocycles. The fraction of sp³-hybridized carbons (Fsp3) is 0.400. The van der Waals surface area contributed by atoms with Crippen LogP contribution in [0.15, 0.2) is 29.6 Å². The van der Waals surface area contributed by atoms with Crippen molar-refractivity contribution in [3.63, 3.8) is 0 Å². The number of carbonyl (C=O) groups is 2. The van der Waals surface area contributed by atoms with Crippen molar-refractivity contribution in [3.05, 3.63) is 50.7 Å². The van der Waals surface area contributed by atoms with E-state index in [-0.39, 0.29) is 18.2 Å². The number of aryl methyl sites for hydroxylation is 1. The van der Waals surface area contributed by atoms with Gasteiger partial charge < -0.3 is 15.0 Å². The Morgan fingerprint density at radius 2 is 2.19 bits per heavy atom. The summed E-state index contributed by atoms with van der Waals surface area (Å²) >= 11 is 7.68. The molecule has 1 aromatic carbocycles. The van der Waals surface area contributed by atoms with Crippen molar-refractivity contribution in [1.29, 1.82) is 0 Å². The van der Waals surface area contributed by atoms with Crippen LogP contribution in [0.25, 0.3) is 0 Å². The Morgan fingerprint density at radius 3 is 2.96 bits per heavy atom. The third-order valence-corrected chi connectivity index (χ3v) is 5.87. The second-order valence-electron chi connectivity index (χ2n) is 6.65. The summed E-state index contributed by atoms with van der Waals surface area (Å²) in [5, 5.41) is 5.48. The van der Waals surface area contributed by atoms with Crippen molar-refractivity contribution in [2.45, 2.75) is 39.3 Å². The number of hydrogen-bond donors (Lipinski definition) is 1. The molecule has 1 aliphatic rings. The number of nitrogens with zero attached hydrogens (tertiary/aromatic N) is 1. The molecular weight excluding hydrogens is 384 g/mol. The van der Waals surface area contributed by atoms with E-state index >= 15 is 0 Å². The third-order valence-electron chi connectivity index (χ3n) is 4.61. The van der Waals surface area contributed by atoms with E-state index in [2.05, 4.69) is 16.8 Å². The molecular formula is C20H23ClN2O3S. The maximum Gasteiger partial charge on any atom is 0.260 e. The number of amides is 2. The first-order chi connectivity index (χ1) is 12.9. The fourth-order valence-corrected chi connectivity index (χ4v) is 4.16. The summed E-state index contributed by atoms with van der Waals surface area (Å²) in [5.41, 5.74) is 2.11. The number of halogens is 1. The summed E-state index contributed by atoms with van der Waals surface area (Å²) in [6.07, 6.45) is 0.553. The van der Waals surface area contributed by atoms with E-state index in [9.17, 15) is 9.59 Å². The number of ether oxygens (including phenoxy) is 1. The van der Waals surface area contributed by atoms with E-state index in [1.807, 2.05) is 11.8 Å². The molecule has 5 nitrogen and oxygen atoms in total. The Morgan fingerprint density at radius 1 is 1.37 bits per heavy atom. The smallest absolute Gasteiger partial charge is 0.260 e. The van der Waals surface area contributed by atoms with Gasteiger partial charge in [0.2, 0.25) is 5.91 Å². The molecule has 2 heterocycles. The molecule has 2 amide bonds. The largest absolute Gasteiger partial charge is 0.481 e. The standard InChI is InChI=1S/C20H23ClN2O3S/c1-13-11-16(21)3-4-17(13)26-14(2)20(25)22-8-5-19(24)23-9-6-18-15(12-23)7-10-27-18/h3-4,7,10-11,14H,5-6,8-9,12H2,1-2H3,(H,22,25). The van der Waals surface area contributed by atoms with Gasteiger partial charge in [-0.1, -0.05) is 11.6 Å². The van der Waals surface area contributed by atoms with Crippen LogP contribution in [0.1, 0.15) is 29.3 Å². The van der Waals surface area contributed by atoms with Crippen LogP contribution >= 0.6 is 22.9 Å². The monoisotopic (exact) mass is 406 g/mol. The van der Waals surface area contributed by atoms with Crippen LogP contribution in [0.3, 0.4) is 0 Å². The second-order valence-corrected chi connectivity index (χ2v) is 8.08. The quantitative estimate of drug-likeness (QED) is 0.797. The van der Waals surface area contributed by atoms with Gasteiger partial charge in [0.1, 0.15) is 5.75 Å². The molecule has 0 spiro atoms. The number of rotatable bonds is 6. The van der Waals surface area contributed by atoms with Crippen LogP contribution in [0.4, 0.5) is 0 Å². The van der Waals surface area contributed by atoms with Crippen LogP contribution in [0.5, 0.6) is 5.75 Å². The highest BCUT2D eigenvalue weighted by atomic mass is 35.5. The molecule has 2 aromatic rings. The normalized spacial score (nSPS) is 14.4. The van der Waals surface area contributed by atoms with Crippen molar-refractivity contribution in [2.24, 2.45) is 0 Å². The van der Waals surface area contributed by atoms with Gasteiger partial charge in [-0.2, -0.15) is 0 Å². The van der Waals surface area contributed by atoms with E-state index in [1.54, 1.807) is 36.5 Å². The summed E-state index contributed by atoms with van der Waals surface area (Å²) in [5.74, 6) is 0.447. The highest BCUT2D eigenvalue weighted by molar-refractivity contribution is 7.10. The summed E-state index contributed by atoms with van der Waals surface area (Å²) in [7, 11) is 0. The van der Waals surface area contributed by atoms with E-state index in [1.165, 1.54) is 10.4 Å². The summed E-state index contributed by atoms with van der Waals surface area (Å²) in [6.45, 7) is 5.28. The molecule has 0 saturated heterocycles. The van der Waals surface area contributed by atoms with Crippen molar-refractivity contribution in [1.82, 2.24) is 10.2 Å². The van der Waals surface area contributed by atoms with Gasteiger partial charge in [0, 0.05) is 36.0 Å². The van der Waals surface area contributed by atoms with Crippen molar-refractivity contribution >= 4 is 34.8 Å². The van der Waals surface area contributed by atoms with E-state index in [4.69, 9.17) is 16.3 Å². The maximum absolute atomic E-state index is 12.4. The van der Waals surface area contributed by atoms with Gasteiger partial charge in [0.15, 0.2) is 6.10 Å². The number of carbonyl (C=O) groups excluding carboxylic acids is 2. The van der Waals surface area contributed by atoms with Crippen LogP contribution in [-0.4, -0.2) is 35.9 Å².